The second kappa shape index (κ2) is 6.31. The quantitative estimate of drug-likeness (QED) is 0.841. The summed E-state index contributed by atoms with van der Waals surface area (Å²) in [6.45, 7) is 0. The van der Waals surface area contributed by atoms with E-state index in [9.17, 15) is 27.1 Å². The summed E-state index contributed by atoms with van der Waals surface area (Å²) in [5.41, 5.74) is 4.24. The molecule has 1 aromatic carbocycles. The smallest absolute Gasteiger partial charge is 0.388 e. The molecule has 2 atom stereocenters. The van der Waals surface area contributed by atoms with Gasteiger partial charge in [-0.1, -0.05) is 0 Å². The molecule has 0 amide bonds. The van der Waals surface area contributed by atoms with Gasteiger partial charge in [-0.15, -0.1) is 12.4 Å². The molecule has 8 heteroatoms. The maximum absolute atomic E-state index is 13.1. The normalized spacial score (nSPS) is 14.8. The van der Waals surface area contributed by atoms with E-state index in [1.165, 1.54) is 0 Å². The summed E-state index contributed by atoms with van der Waals surface area (Å²) in [5.74, 6) is -1.82. The van der Waals surface area contributed by atoms with Crippen LogP contribution in [0.15, 0.2) is 18.2 Å². The van der Waals surface area contributed by atoms with Crippen molar-refractivity contribution in [3.8, 4) is 0 Å². The van der Waals surface area contributed by atoms with Crippen LogP contribution < -0.4 is 5.73 Å². The average Bonchev–Trinajstić information content (AvgIpc) is 2.20. The van der Waals surface area contributed by atoms with Gasteiger partial charge in [0.25, 0.3) is 0 Å². The summed E-state index contributed by atoms with van der Waals surface area (Å²) in [4.78, 5) is 0. The van der Waals surface area contributed by atoms with E-state index in [-0.39, 0.29) is 12.4 Å². The van der Waals surface area contributed by atoms with Crippen LogP contribution in [0.2, 0.25) is 0 Å². The SMILES string of the molecule is Cl.N[C@@H](C[C@H](O)c1cc(F)ccc1F)C(F)(F)F. The summed E-state index contributed by atoms with van der Waals surface area (Å²) in [7, 11) is 0. The van der Waals surface area contributed by atoms with Gasteiger partial charge < -0.3 is 10.8 Å². The number of aliphatic hydroxyl groups is 1. The van der Waals surface area contributed by atoms with Crippen LogP contribution in [0.3, 0.4) is 0 Å². The Morgan fingerprint density at radius 3 is 2.28 bits per heavy atom. The Morgan fingerprint density at radius 1 is 1.22 bits per heavy atom. The minimum Gasteiger partial charge on any atom is -0.388 e. The van der Waals surface area contributed by atoms with Gasteiger partial charge in [-0.25, -0.2) is 8.78 Å². The molecule has 18 heavy (non-hydrogen) atoms. The molecular weight excluding hydrogens is 281 g/mol. The summed E-state index contributed by atoms with van der Waals surface area (Å²) in [6.07, 6.45) is -7.42. The lowest BCUT2D eigenvalue weighted by molar-refractivity contribution is -0.154. The molecule has 0 saturated carbocycles. The molecule has 0 radical (unpaired) electrons. The van der Waals surface area contributed by atoms with Crippen LogP contribution in [0.25, 0.3) is 0 Å². The number of benzene rings is 1. The van der Waals surface area contributed by atoms with Crippen molar-refractivity contribution >= 4 is 12.4 Å². The van der Waals surface area contributed by atoms with E-state index in [2.05, 4.69) is 0 Å². The van der Waals surface area contributed by atoms with Crippen molar-refractivity contribution < 1.29 is 27.1 Å². The molecule has 0 unspecified atom stereocenters. The number of alkyl halides is 3. The molecule has 0 bridgehead atoms. The fourth-order valence-corrected chi connectivity index (χ4v) is 1.27. The van der Waals surface area contributed by atoms with E-state index in [0.29, 0.717) is 6.07 Å². The van der Waals surface area contributed by atoms with E-state index in [1.54, 1.807) is 0 Å². The molecule has 104 valence electrons. The van der Waals surface area contributed by atoms with Gasteiger partial charge in [0.2, 0.25) is 0 Å². The Morgan fingerprint density at radius 2 is 1.78 bits per heavy atom. The molecule has 0 aliphatic rings. The van der Waals surface area contributed by atoms with Crippen molar-refractivity contribution in [3.63, 3.8) is 0 Å². The molecule has 0 saturated heterocycles. The second-order valence-corrected chi connectivity index (χ2v) is 3.57. The Labute approximate surface area is 106 Å². The van der Waals surface area contributed by atoms with Crippen molar-refractivity contribution in [2.45, 2.75) is 24.7 Å². The third-order valence-corrected chi connectivity index (χ3v) is 2.21. The first kappa shape index (κ1) is 17.1. The highest BCUT2D eigenvalue weighted by Crippen LogP contribution is 2.28. The molecule has 3 N–H and O–H groups in total. The Hall–Kier alpha value is -0.920. The number of aliphatic hydroxyl groups excluding tert-OH is 1. The third kappa shape index (κ3) is 4.40. The maximum atomic E-state index is 13.1. The minimum atomic E-state index is -4.69. The van der Waals surface area contributed by atoms with E-state index < -0.39 is 41.9 Å². The predicted molar refractivity (Wildman–Crippen MR) is 57.2 cm³/mol. The van der Waals surface area contributed by atoms with E-state index in [1.807, 2.05) is 0 Å². The monoisotopic (exact) mass is 291 g/mol. The van der Waals surface area contributed by atoms with Crippen LogP contribution in [-0.2, 0) is 0 Å². The molecule has 0 heterocycles. The zero-order valence-electron chi connectivity index (χ0n) is 8.92. The standard InChI is InChI=1S/C10H10F5NO.ClH/c11-5-1-2-7(12)6(3-5)8(17)4-9(16)10(13,14)15;/h1-3,8-9,17H,4,16H2;1H/t8-,9-;/m0./s1. The molecule has 0 fully saturated rings. The lowest BCUT2D eigenvalue weighted by Crippen LogP contribution is -2.38. The summed E-state index contributed by atoms with van der Waals surface area (Å²) < 4.78 is 62.2. The summed E-state index contributed by atoms with van der Waals surface area (Å²) >= 11 is 0. The lowest BCUT2D eigenvalue weighted by atomic mass is 10.0. The van der Waals surface area contributed by atoms with Crippen LogP contribution in [-0.4, -0.2) is 17.3 Å². The van der Waals surface area contributed by atoms with Gasteiger partial charge in [-0.3, -0.25) is 0 Å². The van der Waals surface area contributed by atoms with Gasteiger partial charge in [-0.2, -0.15) is 13.2 Å². The Bertz CT molecular complexity index is 398. The Kier molecular flexibility index (Phi) is 5.98. The van der Waals surface area contributed by atoms with Crippen LogP contribution in [0, 0.1) is 11.6 Å². The van der Waals surface area contributed by atoms with Crippen molar-refractivity contribution in [3.05, 3.63) is 35.4 Å². The van der Waals surface area contributed by atoms with Crippen LogP contribution in [0.4, 0.5) is 22.0 Å². The molecule has 0 aliphatic carbocycles. The lowest BCUT2D eigenvalue weighted by Gasteiger charge is -2.19. The van der Waals surface area contributed by atoms with Gasteiger partial charge in [0.1, 0.15) is 17.7 Å². The molecule has 1 aromatic rings. The van der Waals surface area contributed by atoms with Crippen molar-refractivity contribution in [1.82, 2.24) is 0 Å². The summed E-state index contributed by atoms with van der Waals surface area (Å²) in [6, 6.07) is -0.120. The van der Waals surface area contributed by atoms with Gasteiger partial charge in [0.15, 0.2) is 0 Å². The number of hydrogen-bond donors (Lipinski definition) is 2. The first-order valence-electron chi connectivity index (χ1n) is 4.67. The number of nitrogens with two attached hydrogens (primary N) is 1. The van der Waals surface area contributed by atoms with Crippen LogP contribution in [0.1, 0.15) is 18.1 Å². The highest BCUT2D eigenvalue weighted by molar-refractivity contribution is 5.85. The van der Waals surface area contributed by atoms with Crippen molar-refractivity contribution in [1.29, 1.82) is 0 Å². The zero-order valence-corrected chi connectivity index (χ0v) is 9.73. The predicted octanol–water partition coefficient (Wildman–Crippen LogP) is 2.70. The highest BCUT2D eigenvalue weighted by atomic mass is 35.5. The number of hydrogen-bond acceptors (Lipinski definition) is 2. The highest BCUT2D eigenvalue weighted by Gasteiger charge is 2.38. The first-order valence-corrected chi connectivity index (χ1v) is 4.67. The molecule has 2 nitrogen and oxygen atoms in total. The average molecular weight is 292 g/mol. The van der Waals surface area contributed by atoms with Gasteiger partial charge in [0, 0.05) is 12.0 Å². The minimum absolute atomic E-state index is 0. The van der Waals surface area contributed by atoms with E-state index in [0.717, 1.165) is 12.1 Å². The zero-order chi connectivity index (χ0) is 13.2. The second-order valence-electron chi connectivity index (χ2n) is 3.57. The van der Waals surface area contributed by atoms with Gasteiger partial charge >= 0.3 is 6.18 Å². The largest absolute Gasteiger partial charge is 0.403 e. The van der Waals surface area contributed by atoms with Crippen molar-refractivity contribution in [2.75, 3.05) is 0 Å². The van der Waals surface area contributed by atoms with Crippen LogP contribution >= 0.6 is 12.4 Å². The molecule has 0 aliphatic heterocycles. The number of rotatable bonds is 3. The molecule has 0 aromatic heterocycles. The third-order valence-electron chi connectivity index (χ3n) is 2.21. The van der Waals surface area contributed by atoms with E-state index >= 15 is 0 Å². The molecular formula is C10H11ClF5NO. The maximum Gasteiger partial charge on any atom is 0.403 e. The van der Waals surface area contributed by atoms with Crippen LogP contribution in [0.5, 0.6) is 0 Å². The number of halogens is 6. The first-order chi connectivity index (χ1) is 7.71. The molecule has 1 rings (SSSR count). The summed E-state index contributed by atoms with van der Waals surface area (Å²) in [5, 5.41) is 9.37. The Balaban J connectivity index is 0.00000289. The fourth-order valence-electron chi connectivity index (χ4n) is 1.27. The van der Waals surface area contributed by atoms with Gasteiger partial charge in [0.05, 0.1) is 6.10 Å². The van der Waals surface area contributed by atoms with E-state index in [4.69, 9.17) is 5.73 Å². The molecule has 0 spiro atoms. The topological polar surface area (TPSA) is 46.2 Å². The van der Waals surface area contributed by atoms with Crippen molar-refractivity contribution in [2.24, 2.45) is 5.73 Å². The van der Waals surface area contributed by atoms with Gasteiger partial charge in [-0.05, 0) is 18.2 Å². The fraction of sp³-hybridized carbons (Fsp3) is 0.400.